The molecule has 6 nitrogen and oxygen atoms in total. The van der Waals surface area contributed by atoms with Crippen LogP contribution in [0.4, 0.5) is 5.69 Å². The fourth-order valence-corrected chi connectivity index (χ4v) is 4.50. The number of aryl methyl sites for hydroxylation is 1. The van der Waals surface area contributed by atoms with Crippen molar-refractivity contribution in [3.8, 4) is 5.75 Å². The first kappa shape index (κ1) is 22.4. The van der Waals surface area contributed by atoms with E-state index < -0.39 is 12.6 Å². The Morgan fingerprint density at radius 3 is 2.58 bits per heavy atom. The van der Waals surface area contributed by atoms with Gasteiger partial charge in [0.2, 0.25) is 0 Å². The molecule has 0 atom stereocenters. The quantitative estimate of drug-likeness (QED) is 0.193. The summed E-state index contributed by atoms with van der Waals surface area (Å²) in [7, 11) is 0. The van der Waals surface area contributed by atoms with Gasteiger partial charge in [-0.1, -0.05) is 56.2 Å². The standard InChI is InChI=1S/C27H28N2O4/c1-2-3-5-11-19-14-23(33-17-24(31)32)26-25-21(28)12-8-13-22(25)29(27(26)20(19)16-30)15-18-9-6-4-7-10-18/h4,6-10,12-14,16H,2-3,5,11,15,17,28H2,1H3,(H,31,32). The summed E-state index contributed by atoms with van der Waals surface area (Å²) in [6.07, 6.45) is 4.65. The Kier molecular flexibility index (Phi) is 6.63. The fourth-order valence-electron chi connectivity index (χ4n) is 4.50. The lowest BCUT2D eigenvalue weighted by molar-refractivity contribution is -0.139. The molecule has 0 aliphatic rings. The second kappa shape index (κ2) is 9.77. The summed E-state index contributed by atoms with van der Waals surface area (Å²) in [5.74, 6) is -0.615. The molecule has 0 aliphatic heterocycles. The molecule has 4 rings (SSSR count). The van der Waals surface area contributed by atoms with Crippen LogP contribution in [0.25, 0.3) is 21.8 Å². The van der Waals surface area contributed by atoms with Gasteiger partial charge in [-0.25, -0.2) is 4.79 Å². The summed E-state index contributed by atoms with van der Waals surface area (Å²) in [6, 6.07) is 17.5. The number of carboxylic acids is 1. The zero-order valence-corrected chi connectivity index (χ0v) is 18.7. The third-order valence-corrected chi connectivity index (χ3v) is 5.98. The van der Waals surface area contributed by atoms with Crippen LogP contribution in [-0.4, -0.2) is 28.5 Å². The van der Waals surface area contributed by atoms with E-state index in [0.717, 1.165) is 53.1 Å². The minimum atomic E-state index is -1.06. The topological polar surface area (TPSA) is 94.5 Å². The van der Waals surface area contributed by atoms with Crippen molar-refractivity contribution in [2.24, 2.45) is 0 Å². The lowest BCUT2D eigenvalue weighted by Gasteiger charge is -2.15. The zero-order valence-electron chi connectivity index (χ0n) is 18.7. The van der Waals surface area contributed by atoms with Crippen LogP contribution in [0, 0.1) is 0 Å². The molecular weight excluding hydrogens is 416 g/mol. The molecule has 0 radical (unpaired) electrons. The number of hydrogen-bond acceptors (Lipinski definition) is 4. The molecule has 0 aliphatic carbocycles. The van der Waals surface area contributed by atoms with Crippen LogP contribution in [0.3, 0.4) is 0 Å². The molecule has 170 valence electrons. The summed E-state index contributed by atoms with van der Waals surface area (Å²) >= 11 is 0. The van der Waals surface area contributed by atoms with E-state index in [0.29, 0.717) is 35.4 Å². The van der Waals surface area contributed by atoms with Gasteiger partial charge in [0.15, 0.2) is 12.9 Å². The molecule has 0 saturated carbocycles. The lowest BCUT2D eigenvalue weighted by Crippen LogP contribution is -2.11. The van der Waals surface area contributed by atoms with E-state index in [1.54, 1.807) is 0 Å². The number of fused-ring (bicyclic) bond motifs is 3. The maximum atomic E-state index is 12.4. The number of aldehydes is 1. The van der Waals surface area contributed by atoms with E-state index in [1.165, 1.54) is 0 Å². The van der Waals surface area contributed by atoms with Crippen LogP contribution in [0.1, 0.15) is 47.7 Å². The number of aromatic nitrogens is 1. The van der Waals surface area contributed by atoms with E-state index in [9.17, 15) is 14.7 Å². The van der Waals surface area contributed by atoms with E-state index in [2.05, 4.69) is 11.5 Å². The van der Waals surface area contributed by atoms with Crippen LogP contribution in [0.5, 0.6) is 5.75 Å². The Hall–Kier alpha value is -3.80. The minimum absolute atomic E-state index is 0.444. The maximum Gasteiger partial charge on any atom is 0.341 e. The first-order valence-electron chi connectivity index (χ1n) is 11.2. The van der Waals surface area contributed by atoms with E-state index in [4.69, 9.17) is 10.5 Å². The first-order valence-corrected chi connectivity index (χ1v) is 11.2. The molecule has 1 heterocycles. The molecule has 0 spiro atoms. The molecule has 0 amide bonds. The molecule has 33 heavy (non-hydrogen) atoms. The highest BCUT2D eigenvalue weighted by Gasteiger charge is 2.23. The van der Waals surface area contributed by atoms with Gasteiger partial charge in [0.05, 0.1) is 16.4 Å². The summed E-state index contributed by atoms with van der Waals surface area (Å²) in [4.78, 5) is 23.7. The number of carbonyl (C=O) groups is 2. The summed E-state index contributed by atoms with van der Waals surface area (Å²) in [5.41, 5.74) is 11.1. The van der Waals surface area contributed by atoms with E-state index in [-0.39, 0.29) is 0 Å². The number of ether oxygens (including phenoxy) is 1. The highest BCUT2D eigenvalue weighted by molar-refractivity contribution is 6.19. The highest BCUT2D eigenvalue weighted by atomic mass is 16.5. The van der Waals surface area contributed by atoms with Crippen LogP contribution >= 0.6 is 0 Å². The van der Waals surface area contributed by atoms with Gasteiger partial charge in [-0.3, -0.25) is 4.79 Å². The number of rotatable bonds is 10. The Labute approximate surface area is 192 Å². The van der Waals surface area contributed by atoms with E-state index >= 15 is 0 Å². The molecule has 0 saturated heterocycles. The van der Waals surface area contributed by atoms with Crippen molar-refractivity contribution < 1.29 is 19.4 Å². The van der Waals surface area contributed by atoms with Gasteiger partial charge in [0.25, 0.3) is 0 Å². The van der Waals surface area contributed by atoms with Crippen molar-refractivity contribution in [1.29, 1.82) is 0 Å². The van der Waals surface area contributed by atoms with Gasteiger partial charge >= 0.3 is 5.97 Å². The minimum Gasteiger partial charge on any atom is -0.481 e. The highest BCUT2D eigenvalue weighted by Crippen LogP contribution is 2.42. The van der Waals surface area contributed by atoms with Gasteiger partial charge in [-0.05, 0) is 42.2 Å². The lowest BCUT2D eigenvalue weighted by atomic mass is 9.97. The molecular formula is C27H28N2O4. The molecule has 3 aromatic carbocycles. The van der Waals surface area contributed by atoms with Gasteiger partial charge in [-0.15, -0.1) is 0 Å². The summed E-state index contributed by atoms with van der Waals surface area (Å²) in [6.45, 7) is 2.20. The second-order valence-corrected chi connectivity index (χ2v) is 8.24. The van der Waals surface area contributed by atoms with Crippen molar-refractivity contribution in [2.45, 2.75) is 39.2 Å². The van der Waals surface area contributed by atoms with Crippen molar-refractivity contribution >= 4 is 39.7 Å². The van der Waals surface area contributed by atoms with Gasteiger partial charge in [0, 0.05) is 23.2 Å². The molecule has 6 heteroatoms. The Morgan fingerprint density at radius 2 is 1.88 bits per heavy atom. The van der Waals surface area contributed by atoms with E-state index in [1.807, 2.05) is 54.6 Å². The number of benzene rings is 3. The number of unbranched alkanes of at least 4 members (excludes halogenated alkanes) is 2. The third kappa shape index (κ3) is 4.42. The number of aliphatic carboxylic acids is 1. The third-order valence-electron chi connectivity index (χ3n) is 5.98. The average Bonchev–Trinajstić information content (AvgIpc) is 3.14. The number of carboxylic acid groups (broad SMARTS) is 1. The van der Waals surface area contributed by atoms with Crippen molar-refractivity contribution in [3.63, 3.8) is 0 Å². The molecule has 0 fully saturated rings. The number of nitrogens with zero attached hydrogens (tertiary/aromatic N) is 1. The Morgan fingerprint density at radius 1 is 1.09 bits per heavy atom. The fraction of sp³-hybridized carbons (Fsp3) is 0.259. The summed E-state index contributed by atoms with van der Waals surface area (Å²) in [5, 5.41) is 10.7. The van der Waals surface area contributed by atoms with Crippen LogP contribution < -0.4 is 10.5 Å². The van der Waals surface area contributed by atoms with Crippen molar-refractivity contribution in [3.05, 3.63) is 71.3 Å². The Bertz CT molecular complexity index is 1310. The van der Waals surface area contributed by atoms with Gasteiger partial charge < -0.3 is 20.1 Å². The normalized spacial score (nSPS) is 11.2. The number of anilines is 1. The van der Waals surface area contributed by atoms with Crippen LogP contribution in [0.15, 0.2) is 54.6 Å². The SMILES string of the molecule is CCCCCc1cc(OCC(=O)O)c2c3c(N)cccc3n(Cc3ccccc3)c2c1C=O. The van der Waals surface area contributed by atoms with Crippen LogP contribution in [-0.2, 0) is 17.8 Å². The second-order valence-electron chi connectivity index (χ2n) is 8.24. The van der Waals surface area contributed by atoms with Gasteiger partial charge in [-0.2, -0.15) is 0 Å². The van der Waals surface area contributed by atoms with Gasteiger partial charge in [0.1, 0.15) is 5.75 Å². The summed E-state index contributed by atoms with van der Waals surface area (Å²) < 4.78 is 7.86. The monoisotopic (exact) mass is 444 g/mol. The number of hydrogen-bond donors (Lipinski definition) is 2. The smallest absolute Gasteiger partial charge is 0.341 e. The maximum absolute atomic E-state index is 12.4. The first-order chi connectivity index (χ1) is 16.0. The molecule has 0 unspecified atom stereocenters. The van der Waals surface area contributed by atoms with Crippen molar-refractivity contribution in [2.75, 3.05) is 12.3 Å². The predicted molar refractivity (Wildman–Crippen MR) is 131 cm³/mol. The molecule has 0 bridgehead atoms. The number of nitrogen functional groups attached to an aromatic ring is 1. The molecule has 4 aromatic rings. The van der Waals surface area contributed by atoms with Crippen molar-refractivity contribution in [1.82, 2.24) is 4.57 Å². The molecule has 3 N–H and O–H groups in total. The van der Waals surface area contributed by atoms with Crippen LogP contribution in [0.2, 0.25) is 0 Å². The predicted octanol–water partition coefficient (Wildman–Crippen LogP) is 5.43. The largest absolute Gasteiger partial charge is 0.481 e. The average molecular weight is 445 g/mol. The Balaban J connectivity index is 2.06. The molecule has 1 aromatic heterocycles. The zero-order chi connectivity index (χ0) is 23.4. The number of carbonyl (C=O) groups excluding carboxylic acids is 1. The number of nitrogens with two attached hydrogens (primary N) is 1.